The van der Waals surface area contributed by atoms with Gasteiger partial charge in [-0.05, 0) is 25.5 Å². The van der Waals surface area contributed by atoms with Gasteiger partial charge >= 0.3 is 0 Å². The molecule has 0 saturated carbocycles. The minimum Gasteiger partial charge on any atom is -0.464 e. The number of aliphatic hydroxyl groups is 1. The van der Waals surface area contributed by atoms with Crippen LogP contribution in [0.25, 0.3) is 0 Å². The molecule has 0 saturated heterocycles. The van der Waals surface area contributed by atoms with Gasteiger partial charge in [0, 0.05) is 6.42 Å². The molecule has 1 rings (SSSR count). The zero-order valence-corrected chi connectivity index (χ0v) is 7.34. The van der Waals surface area contributed by atoms with E-state index < -0.39 is 12.5 Å². The number of aryl methyl sites for hydroxylation is 1. The van der Waals surface area contributed by atoms with Crippen molar-refractivity contribution in [1.29, 1.82) is 0 Å². The molecule has 1 heterocycles. The van der Waals surface area contributed by atoms with Crippen LogP contribution in [-0.4, -0.2) is 11.5 Å². The Labute approximate surface area is 75.2 Å². The van der Waals surface area contributed by atoms with Crippen LogP contribution in [0.5, 0.6) is 0 Å². The van der Waals surface area contributed by atoms with Gasteiger partial charge in [-0.25, -0.2) is 8.78 Å². The largest absolute Gasteiger partial charge is 0.464 e. The molecular formula is C9H12F2O2. The third-order valence-electron chi connectivity index (χ3n) is 1.75. The molecule has 1 N–H and O–H groups in total. The monoisotopic (exact) mass is 190 g/mol. The van der Waals surface area contributed by atoms with E-state index in [-0.39, 0.29) is 12.8 Å². The Hall–Kier alpha value is -0.900. The lowest BCUT2D eigenvalue weighted by Gasteiger charge is -2.06. The fraction of sp³-hybridized carbons (Fsp3) is 0.556. The van der Waals surface area contributed by atoms with Gasteiger partial charge < -0.3 is 9.52 Å². The van der Waals surface area contributed by atoms with Crippen molar-refractivity contribution in [3.05, 3.63) is 23.7 Å². The van der Waals surface area contributed by atoms with E-state index in [1.165, 1.54) is 0 Å². The molecule has 1 aromatic rings. The van der Waals surface area contributed by atoms with Crippen molar-refractivity contribution >= 4 is 0 Å². The van der Waals surface area contributed by atoms with Crippen LogP contribution in [0.1, 0.15) is 30.5 Å². The Balaban J connectivity index is 2.44. The number of rotatable bonds is 4. The third kappa shape index (κ3) is 3.14. The van der Waals surface area contributed by atoms with E-state index in [9.17, 15) is 13.9 Å². The number of aliphatic hydroxyl groups excluding tert-OH is 1. The van der Waals surface area contributed by atoms with E-state index in [1.54, 1.807) is 19.1 Å². The summed E-state index contributed by atoms with van der Waals surface area (Å²) in [4.78, 5) is 0. The predicted molar refractivity (Wildman–Crippen MR) is 43.6 cm³/mol. The van der Waals surface area contributed by atoms with Gasteiger partial charge in [-0.15, -0.1) is 0 Å². The van der Waals surface area contributed by atoms with E-state index >= 15 is 0 Å². The van der Waals surface area contributed by atoms with Gasteiger partial charge in [0.2, 0.25) is 6.43 Å². The molecule has 0 fully saturated rings. The minimum atomic E-state index is -2.37. The summed E-state index contributed by atoms with van der Waals surface area (Å²) >= 11 is 0. The lowest BCUT2D eigenvalue weighted by Crippen LogP contribution is -1.99. The van der Waals surface area contributed by atoms with Gasteiger partial charge in [0.05, 0.1) is 0 Å². The van der Waals surface area contributed by atoms with Crippen LogP contribution < -0.4 is 0 Å². The molecule has 0 aliphatic heterocycles. The molecule has 13 heavy (non-hydrogen) atoms. The van der Waals surface area contributed by atoms with Gasteiger partial charge in [-0.2, -0.15) is 0 Å². The van der Waals surface area contributed by atoms with E-state index in [1.807, 2.05) is 0 Å². The summed E-state index contributed by atoms with van der Waals surface area (Å²) in [6, 6.07) is 3.30. The summed E-state index contributed by atoms with van der Waals surface area (Å²) in [7, 11) is 0. The first-order chi connectivity index (χ1) is 6.09. The highest BCUT2D eigenvalue weighted by atomic mass is 19.3. The Morgan fingerprint density at radius 3 is 2.54 bits per heavy atom. The Kier molecular flexibility index (Phi) is 3.42. The lowest BCUT2D eigenvalue weighted by atomic mass is 10.1. The summed E-state index contributed by atoms with van der Waals surface area (Å²) < 4.78 is 28.6. The average molecular weight is 190 g/mol. The SMILES string of the molecule is Cc1ccc(C(O)CCC(F)F)o1. The first-order valence-electron chi connectivity index (χ1n) is 4.12. The third-order valence-corrected chi connectivity index (χ3v) is 1.75. The van der Waals surface area contributed by atoms with Gasteiger partial charge in [-0.3, -0.25) is 0 Å². The molecule has 4 heteroatoms. The summed E-state index contributed by atoms with van der Waals surface area (Å²) in [5.74, 6) is 1.03. The predicted octanol–water partition coefficient (Wildman–Crippen LogP) is 2.67. The van der Waals surface area contributed by atoms with Gasteiger partial charge in [0.25, 0.3) is 0 Å². The molecule has 1 aromatic heterocycles. The lowest BCUT2D eigenvalue weighted by molar-refractivity contribution is 0.0856. The highest BCUT2D eigenvalue weighted by Crippen LogP contribution is 2.21. The molecule has 0 amide bonds. The number of halogens is 2. The standard InChI is InChI=1S/C9H12F2O2/c1-6-2-4-8(13-6)7(12)3-5-9(10)11/h2,4,7,9,12H,3,5H2,1H3. The van der Waals surface area contributed by atoms with Crippen LogP contribution in [0, 0.1) is 6.92 Å². The molecule has 1 atom stereocenters. The maximum atomic E-state index is 11.8. The smallest absolute Gasteiger partial charge is 0.238 e. The molecule has 0 spiro atoms. The summed E-state index contributed by atoms with van der Waals surface area (Å²) in [5.41, 5.74) is 0. The average Bonchev–Trinajstić information content (AvgIpc) is 2.47. The van der Waals surface area contributed by atoms with Crippen LogP contribution in [0.2, 0.25) is 0 Å². The van der Waals surface area contributed by atoms with Crippen LogP contribution in [0.4, 0.5) is 8.78 Å². The molecule has 0 aliphatic rings. The first kappa shape index (κ1) is 10.2. The number of hydrogen-bond acceptors (Lipinski definition) is 2. The topological polar surface area (TPSA) is 33.4 Å². The zero-order valence-electron chi connectivity index (χ0n) is 7.34. The van der Waals surface area contributed by atoms with Gasteiger partial charge in [0.1, 0.15) is 17.6 Å². The Morgan fingerprint density at radius 1 is 1.38 bits per heavy atom. The van der Waals surface area contributed by atoms with Gasteiger partial charge in [0.15, 0.2) is 0 Å². The Bertz CT molecular complexity index is 258. The van der Waals surface area contributed by atoms with Crippen molar-refractivity contribution < 1.29 is 18.3 Å². The van der Waals surface area contributed by atoms with Crippen molar-refractivity contribution in [2.75, 3.05) is 0 Å². The van der Waals surface area contributed by atoms with Crippen molar-refractivity contribution in [3.63, 3.8) is 0 Å². The van der Waals surface area contributed by atoms with Crippen LogP contribution in [0.3, 0.4) is 0 Å². The Morgan fingerprint density at radius 2 is 2.08 bits per heavy atom. The zero-order chi connectivity index (χ0) is 9.84. The number of alkyl halides is 2. The quantitative estimate of drug-likeness (QED) is 0.791. The van der Waals surface area contributed by atoms with Crippen molar-refractivity contribution in [3.8, 4) is 0 Å². The summed E-state index contributed by atoms with van der Waals surface area (Å²) in [6.07, 6.45) is -3.56. The molecule has 0 bridgehead atoms. The molecule has 74 valence electrons. The fourth-order valence-corrected chi connectivity index (χ4v) is 1.06. The minimum absolute atomic E-state index is 0.0324. The van der Waals surface area contributed by atoms with E-state index in [2.05, 4.69) is 0 Å². The molecule has 0 radical (unpaired) electrons. The first-order valence-corrected chi connectivity index (χ1v) is 4.12. The van der Waals surface area contributed by atoms with Crippen molar-refractivity contribution in [2.24, 2.45) is 0 Å². The second-order valence-corrected chi connectivity index (χ2v) is 2.93. The van der Waals surface area contributed by atoms with Crippen LogP contribution >= 0.6 is 0 Å². The molecule has 0 aromatic carbocycles. The number of furan rings is 1. The van der Waals surface area contributed by atoms with Crippen LogP contribution in [-0.2, 0) is 0 Å². The fourth-order valence-electron chi connectivity index (χ4n) is 1.06. The van der Waals surface area contributed by atoms with Crippen LogP contribution in [0.15, 0.2) is 16.5 Å². The second-order valence-electron chi connectivity index (χ2n) is 2.93. The van der Waals surface area contributed by atoms with Crippen molar-refractivity contribution in [2.45, 2.75) is 32.3 Å². The molecule has 1 unspecified atom stereocenters. The van der Waals surface area contributed by atoms with E-state index in [0.717, 1.165) is 0 Å². The molecule has 0 aliphatic carbocycles. The highest BCUT2D eigenvalue weighted by Gasteiger charge is 2.13. The maximum absolute atomic E-state index is 11.8. The van der Waals surface area contributed by atoms with Gasteiger partial charge in [-0.1, -0.05) is 0 Å². The maximum Gasteiger partial charge on any atom is 0.238 e. The highest BCUT2D eigenvalue weighted by molar-refractivity contribution is 5.07. The normalized spacial score (nSPS) is 13.6. The van der Waals surface area contributed by atoms with E-state index in [4.69, 9.17) is 4.42 Å². The summed E-state index contributed by atoms with van der Waals surface area (Å²) in [6.45, 7) is 1.74. The van der Waals surface area contributed by atoms with E-state index in [0.29, 0.717) is 11.5 Å². The number of hydrogen-bond donors (Lipinski definition) is 1. The molecular weight excluding hydrogens is 178 g/mol. The summed E-state index contributed by atoms with van der Waals surface area (Å²) in [5, 5.41) is 9.36. The second kappa shape index (κ2) is 4.37. The molecule has 2 nitrogen and oxygen atoms in total. The van der Waals surface area contributed by atoms with Crippen molar-refractivity contribution in [1.82, 2.24) is 0 Å².